The van der Waals surface area contributed by atoms with Crippen LogP contribution in [0.4, 0.5) is 22.7 Å². The molecule has 10 nitrogen and oxygen atoms in total. The smallest absolute Gasteiger partial charge is 0.293 e. The molecule has 2 amide bonds. The van der Waals surface area contributed by atoms with Gasteiger partial charge in [0, 0.05) is 42.5 Å². The number of anilines is 3. The zero-order valence-corrected chi connectivity index (χ0v) is 18.2. The number of morpholine rings is 1. The van der Waals surface area contributed by atoms with Crippen molar-refractivity contribution < 1.29 is 19.2 Å². The third-order valence-corrected chi connectivity index (χ3v) is 4.94. The highest BCUT2D eigenvalue weighted by atomic mass is 32.1. The number of ether oxygens (including phenoxy) is 1. The molecular formula is C21H23N5O5S. The van der Waals surface area contributed by atoms with E-state index in [-0.39, 0.29) is 22.3 Å². The van der Waals surface area contributed by atoms with Crippen molar-refractivity contribution in [3.63, 3.8) is 0 Å². The number of hydrogen-bond acceptors (Lipinski definition) is 7. The molecule has 3 rings (SSSR count). The van der Waals surface area contributed by atoms with Crippen molar-refractivity contribution >= 4 is 51.9 Å². The maximum atomic E-state index is 12.6. The topological polar surface area (TPSA) is 126 Å². The molecule has 11 heteroatoms. The van der Waals surface area contributed by atoms with Crippen LogP contribution in [0.25, 0.3) is 0 Å². The molecule has 0 aromatic heterocycles. The molecule has 1 aliphatic heterocycles. The van der Waals surface area contributed by atoms with Crippen molar-refractivity contribution in [3.05, 3.63) is 58.1 Å². The van der Waals surface area contributed by atoms with Gasteiger partial charge in [-0.3, -0.25) is 25.0 Å². The highest BCUT2D eigenvalue weighted by Crippen LogP contribution is 2.30. The lowest BCUT2D eigenvalue weighted by Gasteiger charge is -2.28. The van der Waals surface area contributed by atoms with E-state index in [1.165, 1.54) is 12.1 Å². The second-order valence-corrected chi connectivity index (χ2v) is 7.36. The lowest BCUT2D eigenvalue weighted by atomic mass is 10.1. The van der Waals surface area contributed by atoms with E-state index in [0.29, 0.717) is 49.8 Å². The van der Waals surface area contributed by atoms with Gasteiger partial charge in [-0.15, -0.1) is 0 Å². The average molecular weight is 458 g/mol. The Morgan fingerprint density at radius 1 is 1.12 bits per heavy atom. The van der Waals surface area contributed by atoms with E-state index in [1.54, 1.807) is 37.3 Å². The predicted octanol–water partition coefficient (Wildman–Crippen LogP) is 2.91. The Morgan fingerprint density at radius 2 is 1.81 bits per heavy atom. The van der Waals surface area contributed by atoms with Crippen LogP contribution in [0.2, 0.25) is 0 Å². The van der Waals surface area contributed by atoms with E-state index in [0.717, 1.165) is 0 Å². The average Bonchev–Trinajstić information content (AvgIpc) is 2.79. The third-order valence-electron chi connectivity index (χ3n) is 4.74. The molecule has 168 valence electrons. The van der Waals surface area contributed by atoms with Gasteiger partial charge in [0.15, 0.2) is 5.11 Å². The number of hydrogen-bond donors (Lipinski definition) is 3. The monoisotopic (exact) mass is 457 g/mol. The van der Waals surface area contributed by atoms with Gasteiger partial charge in [-0.25, -0.2) is 0 Å². The summed E-state index contributed by atoms with van der Waals surface area (Å²) in [5.74, 6) is -0.699. The first-order valence-electron chi connectivity index (χ1n) is 10.0. The van der Waals surface area contributed by atoms with Crippen molar-refractivity contribution in [2.45, 2.75) is 13.3 Å². The van der Waals surface area contributed by atoms with E-state index in [2.05, 4.69) is 16.0 Å². The molecule has 1 saturated heterocycles. The lowest BCUT2D eigenvalue weighted by Crippen LogP contribution is -2.37. The van der Waals surface area contributed by atoms with Crippen LogP contribution in [0.1, 0.15) is 23.7 Å². The number of nitro benzene ring substituents is 1. The molecule has 3 N–H and O–H groups in total. The molecule has 32 heavy (non-hydrogen) atoms. The van der Waals surface area contributed by atoms with Crippen LogP contribution in [0.3, 0.4) is 0 Å². The summed E-state index contributed by atoms with van der Waals surface area (Å²) in [6, 6.07) is 11.2. The molecule has 1 fully saturated rings. The fourth-order valence-corrected chi connectivity index (χ4v) is 3.35. The molecule has 2 aromatic rings. The predicted molar refractivity (Wildman–Crippen MR) is 125 cm³/mol. The Kier molecular flexibility index (Phi) is 7.68. The number of carbonyl (C=O) groups excluding carboxylic acids is 2. The van der Waals surface area contributed by atoms with E-state index in [9.17, 15) is 19.7 Å². The van der Waals surface area contributed by atoms with Crippen molar-refractivity contribution in [3.8, 4) is 0 Å². The Balaban J connectivity index is 1.68. The Hall–Kier alpha value is -3.57. The molecule has 0 saturated carbocycles. The summed E-state index contributed by atoms with van der Waals surface area (Å²) < 4.78 is 5.29. The van der Waals surface area contributed by atoms with Crippen LogP contribution in [0.5, 0.6) is 0 Å². The SMILES string of the molecule is CCC(=O)Nc1cccc(NC(=S)NC(=O)c2ccc(N3CCOCC3)c([N+](=O)[O-])c2)c1. The quantitative estimate of drug-likeness (QED) is 0.343. The van der Waals surface area contributed by atoms with Gasteiger partial charge < -0.3 is 20.3 Å². The Morgan fingerprint density at radius 3 is 2.47 bits per heavy atom. The second kappa shape index (κ2) is 10.6. The molecule has 2 aromatic carbocycles. The number of thiocarbonyl (C=S) groups is 1. The molecule has 0 radical (unpaired) electrons. The number of amides is 2. The molecule has 1 aliphatic rings. The normalized spacial score (nSPS) is 13.2. The second-order valence-electron chi connectivity index (χ2n) is 6.95. The highest BCUT2D eigenvalue weighted by Gasteiger charge is 2.23. The first-order valence-corrected chi connectivity index (χ1v) is 10.4. The minimum Gasteiger partial charge on any atom is -0.378 e. The largest absolute Gasteiger partial charge is 0.378 e. The number of nitrogens with zero attached hydrogens (tertiary/aromatic N) is 2. The minimum atomic E-state index is -0.574. The molecule has 1 heterocycles. The van der Waals surface area contributed by atoms with Crippen molar-refractivity contribution in [1.29, 1.82) is 0 Å². The highest BCUT2D eigenvalue weighted by molar-refractivity contribution is 7.80. The Labute approximate surface area is 190 Å². The van der Waals surface area contributed by atoms with Gasteiger partial charge >= 0.3 is 0 Å². The zero-order chi connectivity index (χ0) is 23.1. The van der Waals surface area contributed by atoms with Crippen LogP contribution in [0.15, 0.2) is 42.5 Å². The summed E-state index contributed by atoms with van der Waals surface area (Å²) in [4.78, 5) is 37.1. The number of nitrogens with one attached hydrogen (secondary N) is 3. The standard InChI is InChI=1S/C21H23N5O5S/c1-2-19(27)22-15-4-3-5-16(13-15)23-21(32)24-20(28)14-6-7-17(18(12-14)26(29)30)25-8-10-31-11-9-25/h3-7,12-13H,2,8-11H2,1H3,(H,22,27)(H2,23,24,28,32). The maximum absolute atomic E-state index is 12.6. The zero-order valence-electron chi connectivity index (χ0n) is 17.4. The first kappa shape index (κ1) is 23.1. The van der Waals surface area contributed by atoms with Gasteiger partial charge in [-0.1, -0.05) is 13.0 Å². The molecule has 0 aliphatic carbocycles. The van der Waals surface area contributed by atoms with Gasteiger partial charge in [-0.05, 0) is 42.5 Å². The summed E-state index contributed by atoms with van der Waals surface area (Å²) in [6.07, 6.45) is 0.350. The molecule has 0 unspecified atom stereocenters. The van der Waals surface area contributed by atoms with E-state index < -0.39 is 10.8 Å². The summed E-state index contributed by atoms with van der Waals surface area (Å²) in [6.45, 7) is 3.81. The van der Waals surface area contributed by atoms with E-state index >= 15 is 0 Å². The summed E-state index contributed by atoms with van der Waals surface area (Å²) in [5.41, 5.74) is 1.56. The number of nitro groups is 1. The van der Waals surface area contributed by atoms with Gasteiger partial charge in [-0.2, -0.15) is 0 Å². The van der Waals surface area contributed by atoms with Crippen molar-refractivity contribution in [2.75, 3.05) is 41.8 Å². The lowest BCUT2D eigenvalue weighted by molar-refractivity contribution is -0.384. The molecule has 0 spiro atoms. The van der Waals surface area contributed by atoms with Gasteiger partial charge in [0.2, 0.25) is 5.91 Å². The Bertz CT molecular complexity index is 1040. The van der Waals surface area contributed by atoms with E-state index in [4.69, 9.17) is 17.0 Å². The third kappa shape index (κ3) is 5.99. The van der Waals surface area contributed by atoms with Crippen LogP contribution < -0.4 is 20.9 Å². The molecule has 0 atom stereocenters. The summed E-state index contributed by atoms with van der Waals surface area (Å²) in [7, 11) is 0. The first-order chi connectivity index (χ1) is 15.4. The molecular weight excluding hydrogens is 434 g/mol. The van der Waals surface area contributed by atoms with Gasteiger partial charge in [0.05, 0.1) is 18.1 Å². The maximum Gasteiger partial charge on any atom is 0.293 e. The number of carbonyl (C=O) groups is 2. The summed E-state index contributed by atoms with van der Waals surface area (Å²) >= 11 is 5.19. The van der Waals surface area contributed by atoms with Crippen molar-refractivity contribution in [2.24, 2.45) is 0 Å². The van der Waals surface area contributed by atoms with Crippen molar-refractivity contribution in [1.82, 2.24) is 5.32 Å². The fraction of sp³-hybridized carbons (Fsp3) is 0.286. The van der Waals surface area contributed by atoms with Gasteiger partial charge in [0.1, 0.15) is 5.69 Å². The minimum absolute atomic E-state index is 0.0221. The van der Waals surface area contributed by atoms with Crippen LogP contribution >= 0.6 is 12.2 Å². The van der Waals surface area contributed by atoms with Crippen LogP contribution in [-0.2, 0) is 9.53 Å². The van der Waals surface area contributed by atoms with Gasteiger partial charge in [0.25, 0.3) is 11.6 Å². The molecule has 0 bridgehead atoms. The van der Waals surface area contributed by atoms with Crippen LogP contribution in [0, 0.1) is 10.1 Å². The van der Waals surface area contributed by atoms with Crippen LogP contribution in [-0.4, -0.2) is 48.2 Å². The fourth-order valence-electron chi connectivity index (χ4n) is 3.14. The van der Waals surface area contributed by atoms with E-state index in [1.807, 2.05) is 4.90 Å². The number of rotatable bonds is 6. The number of benzene rings is 2. The summed E-state index contributed by atoms with van der Waals surface area (Å²) in [5, 5.41) is 19.7.